The average Bonchev–Trinajstić information content (AvgIpc) is 4.17. The summed E-state index contributed by atoms with van der Waals surface area (Å²) in [4.78, 5) is 72.0. The van der Waals surface area contributed by atoms with Crippen LogP contribution in [-0.4, -0.2) is 174 Å². The van der Waals surface area contributed by atoms with E-state index in [4.69, 9.17) is 18.9 Å². The summed E-state index contributed by atoms with van der Waals surface area (Å²) in [6.07, 6.45) is 2.33. The van der Waals surface area contributed by atoms with E-state index in [2.05, 4.69) is 35.3 Å². The number of amides is 4. The SMILES string of the molecule is COc1ccc(N2CCOCC2)c2sc(NC(=O)c3ccc(CN(C)C(=O)CN(C)C)cc3)nc12.COc1ccc(N2CCOCC2)c2sc(NC(=O)c3ccc(CN(C)C(=O)CN4CCCC4)cc3)nc12. The van der Waals surface area contributed by atoms with Crippen LogP contribution in [-0.2, 0) is 32.2 Å². The van der Waals surface area contributed by atoms with Crippen molar-refractivity contribution in [3.05, 3.63) is 95.1 Å². The minimum absolute atomic E-state index is 0.0412. The fourth-order valence-corrected chi connectivity index (χ4v) is 10.7. The molecule has 6 aromatic rings. The molecule has 3 fully saturated rings. The van der Waals surface area contributed by atoms with Crippen molar-refractivity contribution in [3.8, 4) is 11.5 Å². The molecule has 0 bridgehead atoms. The van der Waals surface area contributed by atoms with E-state index in [1.165, 1.54) is 35.5 Å². The van der Waals surface area contributed by atoms with Crippen molar-refractivity contribution in [1.29, 1.82) is 0 Å². The number of benzene rings is 4. The molecule has 18 nitrogen and oxygen atoms in total. The van der Waals surface area contributed by atoms with Crippen LogP contribution in [0.4, 0.5) is 21.6 Å². The molecule has 0 aliphatic carbocycles. The molecule has 2 N–H and O–H groups in total. The lowest BCUT2D eigenvalue weighted by atomic mass is 10.1. The molecule has 0 radical (unpaired) electrons. The molecule has 0 spiro atoms. The number of nitrogens with zero attached hydrogens (tertiary/aromatic N) is 8. The van der Waals surface area contributed by atoms with Crippen LogP contribution in [0.15, 0.2) is 72.8 Å². The van der Waals surface area contributed by atoms with Crippen LogP contribution in [0, 0.1) is 0 Å². The Morgan fingerprint density at radius 3 is 1.40 bits per heavy atom. The van der Waals surface area contributed by atoms with Gasteiger partial charge in [0.15, 0.2) is 10.3 Å². The molecular weight excluding hydrogens is 957 g/mol. The molecule has 3 saturated heterocycles. The van der Waals surface area contributed by atoms with Crippen LogP contribution in [0.3, 0.4) is 0 Å². The Kier molecular flexibility index (Phi) is 17.5. The van der Waals surface area contributed by atoms with Gasteiger partial charge in [0.1, 0.15) is 22.5 Å². The van der Waals surface area contributed by atoms with Gasteiger partial charge in [0, 0.05) is 64.5 Å². The van der Waals surface area contributed by atoms with Gasteiger partial charge in [-0.05, 0) is 99.7 Å². The molecule has 3 aliphatic heterocycles. The van der Waals surface area contributed by atoms with Gasteiger partial charge in [-0.1, -0.05) is 46.9 Å². The largest absolute Gasteiger partial charge is 0.494 e. The van der Waals surface area contributed by atoms with E-state index in [-0.39, 0.29) is 23.6 Å². The number of anilines is 4. The lowest BCUT2D eigenvalue weighted by molar-refractivity contribution is -0.132. The van der Waals surface area contributed by atoms with E-state index < -0.39 is 0 Å². The van der Waals surface area contributed by atoms with Crippen molar-refractivity contribution >= 4 is 88.4 Å². The monoisotopic (exact) mass is 1020 g/mol. The second kappa shape index (κ2) is 24.3. The number of morpholine rings is 2. The number of likely N-dealkylation sites (tertiary alicyclic amines) is 1. The summed E-state index contributed by atoms with van der Waals surface area (Å²) in [5.41, 5.74) is 6.61. The van der Waals surface area contributed by atoms with Crippen LogP contribution in [0.5, 0.6) is 11.5 Å². The minimum Gasteiger partial charge on any atom is -0.494 e. The van der Waals surface area contributed by atoms with Crippen LogP contribution in [0.1, 0.15) is 44.7 Å². The number of carbonyl (C=O) groups is 4. The number of hydrogen-bond acceptors (Lipinski definition) is 16. The summed E-state index contributed by atoms with van der Waals surface area (Å²) in [7, 11) is 10.6. The van der Waals surface area contributed by atoms with E-state index in [0.29, 0.717) is 85.5 Å². The number of thiazole rings is 2. The number of aromatic nitrogens is 2. The van der Waals surface area contributed by atoms with Crippen molar-refractivity contribution in [3.63, 3.8) is 0 Å². The Bertz CT molecular complexity index is 2820. The van der Waals surface area contributed by atoms with E-state index in [1.807, 2.05) is 74.6 Å². The molecular formula is C52H64N10O8S2. The Morgan fingerprint density at radius 2 is 1.00 bits per heavy atom. The van der Waals surface area contributed by atoms with Crippen LogP contribution in [0.25, 0.3) is 20.4 Å². The highest BCUT2D eigenvalue weighted by Crippen LogP contribution is 2.41. The first-order valence-electron chi connectivity index (χ1n) is 24.1. The first-order valence-corrected chi connectivity index (χ1v) is 25.8. The fraction of sp³-hybridized carbons (Fsp3) is 0.423. The summed E-state index contributed by atoms with van der Waals surface area (Å²) in [6.45, 7) is 9.81. The first kappa shape index (κ1) is 51.9. The van der Waals surface area contributed by atoms with Gasteiger partial charge in [-0.25, -0.2) is 9.97 Å². The number of hydrogen-bond donors (Lipinski definition) is 2. The van der Waals surface area contributed by atoms with Crippen LogP contribution < -0.4 is 29.9 Å². The molecule has 0 saturated carbocycles. The van der Waals surface area contributed by atoms with Crippen LogP contribution in [0.2, 0.25) is 0 Å². The first-order chi connectivity index (χ1) is 34.9. The number of likely N-dealkylation sites (N-methyl/N-ethyl adjacent to an activating group) is 3. The number of rotatable bonds is 16. The highest BCUT2D eigenvalue weighted by atomic mass is 32.1. The van der Waals surface area contributed by atoms with Crippen LogP contribution >= 0.6 is 22.7 Å². The Balaban J connectivity index is 0.000000193. The van der Waals surface area contributed by atoms with Gasteiger partial charge in [0.05, 0.1) is 74.5 Å². The average molecular weight is 1020 g/mol. The van der Waals surface area contributed by atoms with Crippen molar-refractivity contribution in [2.75, 3.05) is 142 Å². The topological polar surface area (TPSA) is 174 Å². The number of nitrogens with one attached hydrogen (secondary N) is 2. The maximum atomic E-state index is 13.0. The van der Waals surface area contributed by atoms with E-state index >= 15 is 0 Å². The van der Waals surface area contributed by atoms with E-state index in [0.717, 1.165) is 82.2 Å². The second-order valence-electron chi connectivity index (χ2n) is 18.2. The predicted molar refractivity (Wildman–Crippen MR) is 284 cm³/mol. The molecule has 4 amide bonds. The van der Waals surface area contributed by atoms with Gasteiger partial charge in [-0.2, -0.15) is 0 Å². The third-order valence-corrected chi connectivity index (χ3v) is 14.7. The molecule has 72 heavy (non-hydrogen) atoms. The van der Waals surface area contributed by atoms with Crippen molar-refractivity contribution in [2.45, 2.75) is 25.9 Å². The van der Waals surface area contributed by atoms with Gasteiger partial charge in [0.25, 0.3) is 11.8 Å². The smallest absolute Gasteiger partial charge is 0.257 e. The molecule has 2 aromatic heterocycles. The summed E-state index contributed by atoms with van der Waals surface area (Å²) in [5.74, 6) is 1.05. The standard InChI is InChI=1S/C27H33N5O4S.C25H31N5O4S/c1-30(23(33)18-31-11-3-4-12-31)17-19-5-7-20(8-6-19)26(34)29-27-28-24-22(35-2)10-9-21(25(24)37-27)32-13-15-36-16-14-32;1-28(2)16-21(31)29(3)15-17-5-7-18(8-6-17)24(32)27-25-26-22-20(33-4)10-9-19(23(22)35-25)30-11-13-34-14-12-30/h5-10H,3-4,11-18H2,1-2H3,(H,28,29,34);5-10H,11-16H2,1-4H3,(H,26,27,32). The number of fused-ring (bicyclic) bond motifs is 2. The Labute approximate surface area is 428 Å². The molecule has 382 valence electrons. The summed E-state index contributed by atoms with van der Waals surface area (Å²) in [5, 5.41) is 6.92. The zero-order chi connectivity index (χ0) is 50.7. The molecule has 0 atom stereocenters. The lowest BCUT2D eigenvalue weighted by Gasteiger charge is -2.29. The number of methoxy groups -OCH3 is 2. The maximum Gasteiger partial charge on any atom is 0.257 e. The zero-order valence-electron chi connectivity index (χ0n) is 41.9. The van der Waals surface area contributed by atoms with Gasteiger partial charge in [-0.15, -0.1) is 0 Å². The summed E-state index contributed by atoms with van der Waals surface area (Å²) in [6, 6.07) is 22.5. The molecule has 4 aromatic carbocycles. The van der Waals surface area contributed by atoms with Gasteiger partial charge < -0.3 is 43.4 Å². The number of carbonyl (C=O) groups excluding carboxylic acids is 4. The molecule has 9 rings (SSSR count). The molecule has 5 heterocycles. The highest BCUT2D eigenvalue weighted by molar-refractivity contribution is 7.23. The van der Waals surface area contributed by atoms with Gasteiger partial charge >= 0.3 is 0 Å². The van der Waals surface area contributed by atoms with E-state index in [9.17, 15) is 19.2 Å². The summed E-state index contributed by atoms with van der Waals surface area (Å²) < 4.78 is 24.0. The molecule has 3 aliphatic rings. The highest BCUT2D eigenvalue weighted by Gasteiger charge is 2.23. The zero-order valence-corrected chi connectivity index (χ0v) is 43.5. The van der Waals surface area contributed by atoms with Gasteiger partial charge in [-0.3, -0.25) is 34.7 Å². The molecule has 0 unspecified atom stereocenters. The van der Waals surface area contributed by atoms with Crippen molar-refractivity contribution < 1.29 is 38.1 Å². The maximum absolute atomic E-state index is 13.0. The second-order valence-corrected chi connectivity index (χ2v) is 20.2. The van der Waals surface area contributed by atoms with Crippen molar-refractivity contribution in [2.24, 2.45) is 0 Å². The normalized spacial score (nSPS) is 15.0. The lowest BCUT2D eigenvalue weighted by Crippen LogP contribution is -2.36. The van der Waals surface area contributed by atoms with E-state index in [1.54, 1.807) is 55.3 Å². The quantitative estimate of drug-likeness (QED) is 0.110. The third kappa shape index (κ3) is 13.0. The Morgan fingerprint density at radius 1 is 0.583 bits per heavy atom. The third-order valence-electron chi connectivity index (χ3n) is 12.7. The van der Waals surface area contributed by atoms with Crippen molar-refractivity contribution in [1.82, 2.24) is 29.6 Å². The number of ether oxygens (including phenoxy) is 4. The molecule has 20 heteroatoms. The fourth-order valence-electron chi connectivity index (χ4n) is 8.71. The predicted octanol–water partition coefficient (Wildman–Crippen LogP) is 6.36. The van der Waals surface area contributed by atoms with Gasteiger partial charge in [0.2, 0.25) is 11.8 Å². The minimum atomic E-state index is -0.237. The Hall–Kier alpha value is -6.42. The summed E-state index contributed by atoms with van der Waals surface area (Å²) >= 11 is 2.88.